The van der Waals surface area contributed by atoms with Gasteiger partial charge in [0.15, 0.2) is 6.61 Å². The molecule has 0 spiro atoms. The number of ether oxygens (including phenoxy) is 1. The number of hydrogen-bond donors (Lipinski definition) is 1. The minimum Gasteiger partial charge on any atom is -0.455 e. The molecule has 0 atom stereocenters. The molecule has 2 aromatic rings. The number of carbonyl (C=O) groups excluding carboxylic acids is 2. The zero-order valence-corrected chi connectivity index (χ0v) is 15.1. The molecule has 1 aliphatic carbocycles. The number of thioether (sulfide) groups is 1. The van der Waals surface area contributed by atoms with E-state index in [0.717, 1.165) is 47.2 Å². The summed E-state index contributed by atoms with van der Waals surface area (Å²) in [5.41, 5.74) is 2.03. The van der Waals surface area contributed by atoms with E-state index in [-0.39, 0.29) is 24.3 Å². The maximum absolute atomic E-state index is 11.9. The number of nitrogens with zero attached hydrogens (tertiary/aromatic N) is 1. The molecule has 1 fully saturated rings. The summed E-state index contributed by atoms with van der Waals surface area (Å²) in [6.45, 7) is 1.82. The van der Waals surface area contributed by atoms with Crippen LogP contribution in [0.3, 0.4) is 0 Å². The zero-order valence-electron chi connectivity index (χ0n) is 14.3. The van der Waals surface area contributed by atoms with Crippen LogP contribution in [0.25, 0.3) is 10.9 Å². The number of fused-ring (bicyclic) bond motifs is 1. The van der Waals surface area contributed by atoms with Crippen LogP contribution in [0, 0.1) is 6.92 Å². The van der Waals surface area contributed by atoms with Crippen LogP contribution in [-0.2, 0) is 14.3 Å². The third kappa shape index (κ3) is 4.95. The van der Waals surface area contributed by atoms with E-state index in [0.29, 0.717) is 0 Å². The summed E-state index contributed by atoms with van der Waals surface area (Å²) in [5, 5.41) is 4.79. The molecule has 3 rings (SSSR count). The van der Waals surface area contributed by atoms with Crippen molar-refractivity contribution in [2.45, 2.75) is 43.7 Å². The lowest BCUT2D eigenvalue weighted by molar-refractivity contribution is -0.146. The van der Waals surface area contributed by atoms with Crippen molar-refractivity contribution in [1.29, 1.82) is 0 Å². The van der Waals surface area contributed by atoms with Gasteiger partial charge in [0.1, 0.15) is 0 Å². The van der Waals surface area contributed by atoms with Gasteiger partial charge in [-0.1, -0.05) is 42.8 Å². The second-order valence-corrected chi connectivity index (χ2v) is 7.29. The molecule has 1 heterocycles. The number of rotatable bonds is 6. The Morgan fingerprint density at radius 1 is 1.28 bits per heavy atom. The molecule has 1 aliphatic rings. The average molecular weight is 358 g/mol. The van der Waals surface area contributed by atoms with Crippen molar-refractivity contribution in [3.63, 3.8) is 0 Å². The summed E-state index contributed by atoms with van der Waals surface area (Å²) < 4.78 is 5.05. The Bertz CT molecular complexity index is 772. The molecule has 5 nitrogen and oxygen atoms in total. The topological polar surface area (TPSA) is 68.3 Å². The van der Waals surface area contributed by atoms with Crippen molar-refractivity contribution in [3.8, 4) is 0 Å². The molecule has 0 bridgehead atoms. The molecular weight excluding hydrogens is 336 g/mol. The molecule has 0 aliphatic heterocycles. The number of benzene rings is 1. The molecule has 25 heavy (non-hydrogen) atoms. The van der Waals surface area contributed by atoms with Gasteiger partial charge in [-0.15, -0.1) is 0 Å². The van der Waals surface area contributed by atoms with Gasteiger partial charge in [0, 0.05) is 11.4 Å². The summed E-state index contributed by atoms with van der Waals surface area (Å²) in [4.78, 5) is 28.2. The van der Waals surface area contributed by atoms with Gasteiger partial charge in [0.2, 0.25) is 0 Å². The molecule has 6 heteroatoms. The van der Waals surface area contributed by atoms with E-state index in [1.165, 1.54) is 11.8 Å². The lowest BCUT2D eigenvalue weighted by Gasteiger charge is -2.12. The molecule has 0 radical (unpaired) electrons. The number of amides is 1. The van der Waals surface area contributed by atoms with Crippen molar-refractivity contribution in [2.75, 3.05) is 12.4 Å². The van der Waals surface area contributed by atoms with Crippen molar-refractivity contribution in [2.24, 2.45) is 0 Å². The third-order valence-corrected chi connectivity index (χ3v) is 5.21. The maximum atomic E-state index is 11.9. The Kier molecular flexibility index (Phi) is 5.91. The Labute approximate surface area is 151 Å². The average Bonchev–Trinajstić information content (AvgIpc) is 3.11. The quantitative estimate of drug-likeness (QED) is 0.634. The van der Waals surface area contributed by atoms with E-state index >= 15 is 0 Å². The molecule has 1 amide bonds. The monoisotopic (exact) mass is 358 g/mol. The first-order valence-electron chi connectivity index (χ1n) is 8.56. The highest BCUT2D eigenvalue weighted by Gasteiger charge is 2.18. The lowest BCUT2D eigenvalue weighted by atomic mass is 10.1. The number of hydrogen-bond acceptors (Lipinski definition) is 5. The molecular formula is C19H22N2O3S. The number of aryl methyl sites for hydroxylation is 1. The van der Waals surface area contributed by atoms with Gasteiger partial charge in [-0.25, -0.2) is 4.98 Å². The fraction of sp³-hybridized carbons (Fsp3) is 0.421. The minimum atomic E-state index is -0.404. The first-order valence-corrected chi connectivity index (χ1v) is 9.54. The van der Waals surface area contributed by atoms with E-state index in [9.17, 15) is 9.59 Å². The van der Waals surface area contributed by atoms with Crippen molar-refractivity contribution in [3.05, 3.63) is 35.9 Å². The van der Waals surface area contributed by atoms with E-state index < -0.39 is 5.97 Å². The van der Waals surface area contributed by atoms with Gasteiger partial charge in [0.05, 0.1) is 16.3 Å². The van der Waals surface area contributed by atoms with E-state index in [1.54, 1.807) is 0 Å². The largest absolute Gasteiger partial charge is 0.455 e. The predicted octanol–water partition coefficient (Wildman–Crippen LogP) is 3.24. The van der Waals surface area contributed by atoms with Gasteiger partial charge in [-0.2, -0.15) is 0 Å². The summed E-state index contributed by atoms with van der Waals surface area (Å²) in [5.74, 6) is -0.481. The summed E-state index contributed by atoms with van der Waals surface area (Å²) in [6, 6.07) is 10.1. The van der Waals surface area contributed by atoms with Crippen molar-refractivity contribution in [1.82, 2.24) is 10.3 Å². The highest BCUT2D eigenvalue weighted by molar-refractivity contribution is 7.99. The normalized spacial score (nSPS) is 14.6. The Morgan fingerprint density at radius 3 is 2.84 bits per heavy atom. The van der Waals surface area contributed by atoms with Gasteiger partial charge in [-0.3, -0.25) is 9.59 Å². The van der Waals surface area contributed by atoms with E-state index in [2.05, 4.69) is 10.3 Å². The van der Waals surface area contributed by atoms with Gasteiger partial charge in [-0.05, 0) is 37.5 Å². The summed E-state index contributed by atoms with van der Waals surface area (Å²) in [7, 11) is 0. The first kappa shape index (κ1) is 17.7. The Hall–Kier alpha value is -2.08. The fourth-order valence-electron chi connectivity index (χ4n) is 3.05. The number of nitrogens with one attached hydrogen (secondary N) is 1. The number of carbonyl (C=O) groups is 2. The van der Waals surface area contributed by atoms with Gasteiger partial charge < -0.3 is 10.1 Å². The minimum absolute atomic E-state index is 0.140. The van der Waals surface area contributed by atoms with Crippen molar-refractivity contribution >= 4 is 34.5 Å². The molecule has 0 unspecified atom stereocenters. The standard InChI is InChI=1S/C19H22N2O3S/c1-13-10-18(21-16-9-5-4-8-15(13)16)25-12-19(23)24-11-17(22)20-14-6-2-3-7-14/h4-5,8-10,14H,2-3,6-7,11-12H2,1H3,(H,20,22). The maximum Gasteiger partial charge on any atom is 0.316 e. The van der Waals surface area contributed by atoms with E-state index in [4.69, 9.17) is 4.74 Å². The van der Waals surface area contributed by atoms with E-state index in [1.807, 2.05) is 37.3 Å². The van der Waals surface area contributed by atoms with Gasteiger partial charge in [0.25, 0.3) is 5.91 Å². The highest BCUT2D eigenvalue weighted by Crippen LogP contribution is 2.23. The molecule has 1 aromatic carbocycles. The molecule has 132 valence electrons. The van der Waals surface area contributed by atoms with Crippen LogP contribution in [-0.4, -0.2) is 35.3 Å². The highest BCUT2D eigenvalue weighted by atomic mass is 32.2. The number of esters is 1. The van der Waals surface area contributed by atoms with Crippen LogP contribution < -0.4 is 5.32 Å². The summed E-state index contributed by atoms with van der Waals surface area (Å²) >= 11 is 1.32. The number of para-hydroxylation sites is 1. The van der Waals surface area contributed by atoms with Gasteiger partial charge >= 0.3 is 5.97 Å². The molecule has 0 saturated heterocycles. The number of aromatic nitrogens is 1. The molecule has 1 aromatic heterocycles. The van der Waals surface area contributed by atoms with Crippen LogP contribution in [0.2, 0.25) is 0 Å². The third-order valence-electron chi connectivity index (χ3n) is 4.32. The van der Waals surface area contributed by atoms with Crippen LogP contribution >= 0.6 is 11.8 Å². The second-order valence-electron chi connectivity index (χ2n) is 6.29. The first-order chi connectivity index (χ1) is 12.1. The summed E-state index contributed by atoms with van der Waals surface area (Å²) in [6.07, 6.45) is 4.34. The van der Waals surface area contributed by atoms with Crippen LogP contribution in [0.4, 0.5) is 0 Å². The number of pyridine rings is 1. The molecule has 1 saturated carbocycles. The SMILES string of the molecule is Cc1cc(SCC(=O)OCC(=O)NC2CCCC2)nc2ccccc12. The second kappa shape index (κ2) is 8.34. The smallest absolute Gasteiger partial charge is 0.316 e. The fourth-order valence-corrected chi connectivity index (χ4v) is 3.82. The van der Waals surface area contributed by atoms with Crippen LogP contribution in [0.5, 0.6) is 0 Å². The van der Waals surface area contributed by atoms with Crippen LogP contribution in [0.1, 0.15) is 31.2 Å². The Balaban J connectivity index is 1.46. The molecule has 1 N–H and O–H groups in total. The Morgan fingerprint density at radius 2 is 2.04 bits per heavy atom. The van der Waals surface area contributed by atoms with Crippen molar-refractivity contribution < 1.29 is 14.3 Å². The lowest BCUT2D eigenvalue weighted by Crippen LogP contribution is -2.36. The predicted molar refractivity (Wildman–Crippen MR) is 98.6 cm³/mol. The zero-order chi connectivity index (χ0) is 17.6. The van der Waals surface area contributed by atoms with Crippen LogP contribution in [0.15, 0.2) is 35.4 Å².